The van der Waals surface area contributed by atoms with Crippen LogP contribution in [-0.4, -0.2) is 5.11 Å². The molecule has 1 N–H and O–H groups in total. The highest BCUT2D eigenvalue weighted by Gasteiger charge is 2.21. The summed E-state index contributed by atoms with van der Waals surface area (Å²) in [4.78, 5) is 0. The Morgan fingerprint density at radius 3 is 2.00 bits per heavy atom. The van der Waals surface area contributed by atoms with E-state index in [0.717, 1.165) is 32.9 Å². The van der Waals surface area contributed by atoms with E-state index in [1.54, 1.807) is 12.1 Å². The second-order valence-electron chi connectivity index (χ2n) is 7.28. The molecule has 0 heterocycles. The fraction of sp³-hybridized carbons (Fsp3) is 0.250. The SMILES string of the molecule is Cc1cc(C)c(C)c(N([O])c2cc(C(C)c3ccccc3)ccc2O)c1C. The molecule has 1 unspecified atom stereocenters. The van der Waals surface area contributed by atoms with Gasteiger partial charge in [0.2, 0.25) is 0 Å². The lowest BCUT2D eigenvalue weighted by Crippen LogP contribution is -2.14. The summed E-state index contributed by atoms with van der Waals surface area (Å²) in [6, 6.07) is 17.5. The van der Waals surface area contributed by atoms with E-state index < -0.39 is 0 Å². The number of aromatic hydroxyl groups is 1. The number of hydrogen-bond donors (Lipinski definition) is 1. The van der Waals surface area contributed by atoms with Crippen molar-refractivity contribution in [2.45, 2.75) is 40.5 Å². The molecule has 0 fully saturated rings. The molecular weight excluding hydrogens is 334 g/mol. The predicted molar refractivity (Wildman–Crippen MR) is 110 cm³/mol. The van der Waals surface area contributed by atoms with Gasteiger partial charge in [0.25, 0.3) is 0 Å². The maximum absolute atomic E-state index is 13.3. The molecular formula is C24H26NO2. The summed E-state index contributed by atoms with van der Waals surface area (Å²) in [5, 5.41) is 24.6. The zero-order chi connectivity index (χ0) is 19.7. The van der Waals surface area contributed by atoms with Crippen LogP contribution in [0.2, 0.25) is 0 Å². The highest BCUT2D eigenvalue weighted by atomic mass is 16.5. The molecule has 139 valence electrons. The van der Waals surface area contributed by atoms with Gasteiger partial charge in [-0.3, -0.25) is 0 Å². The van der Waals surface area contributed by atoms with E-state index in [1.165, 1.54) is 5.56 Å². The van der Waals surface area contributed by atoms with Gasteiger partial charge in [0.1, 0.15) is 11.4 Å². The van der Waals surface area contributed by atoms with E-state index in [4.69, 9.17) is 0 Å². The van der Waals surface area contributed by atoms with Crippen LogP contribution in [0.3, 0.4) is 0 Å². The number of hydrogen-bond acceptors (Lipinski definition) is 2. The van der Waals surface area contributed by atoms with Crippen LogP contribution in [0, 0.1) is 27.7 Å². The second kappa shape index (κ2) is 7.45. The summed E-state index contributed by atoms with van der Waals surface area (Å²) in [5.74, 6) is 0.118. The number of benzene rings is 3. The maximum Gasteiger partial charge on any atom is 0.141 e. The minimum atomic E-state index is -0.00743. The van der Waals surface area contributed by atoms with Crippen LogP contribution in [0.15, 0.2) is 54.6 Å². The Morgan fingerprint density at radius 1 is 0.815 bits per heavy atom. The quantitative estimate of drug-likeness (QED) is 0.558. The van der Waals surface area contributed by atoms with Gasteiger partial charge < -0.3 is 5.11 Å². The smallest absolute Gasteiger partial charge is 0.141 e. The monoisotopic (exact) mass is 360 g/mol. The summed E-state index contributed by atoms with van der Waals surface area (Å²) in [5.41, 5.74) is 7.09. The number of anilines is 2. The molecule has 3 rings (SSSR count). The molecule has 0 aliphatic heterocycles. The van der Waals surface area contributed by atoms with Crippen molar-refractivity contribution in [3.8, 4) is 5.75 Å². The van der Waals surface area contributed by atoms with Crippen LogP contribution in [0.25, 0.3) is 0 Å². The van der Waals surface area contributed by atoms with Crippen LogP contribution in [-0.2, 0) is 5.21 Å². The molecule has 3 aromatic rings. The molecule has 3 heteroatoms. The Hall–Kier alpha value is -2.78. The Balaban J connectivity index is 2.08. The standard InChI is InChI=1S/C24H26NO2/c1-15-13-16(2)18(4)24(17(15)3)25(27)22-14-21(11-12-23(22)26)19(5)20-9-7-6-8-10-20/h6-14,19,26H,1-5H3. The van der Waals surface area contributed by atoms with Gasteiger partial charge in [0, 0.05) is 5.92 Å². The molecule has 0 saturated carbocycles. The Kier molecular flexibility index (Phi) is 5.24. The lowest BCUT2D eigenvalue weighted by atomic mass is 9.92. The van der Waals surface area contributed by atoms with Crippen LogP contribution >= 0.6 is 0 Å². The van der Waals surface area contributed by atoms with Gasteiger partial charge in [0.05, 0.1) is 5.69 Å². The second-order valence-corrected chi connectivity index (χ2v) is 7.28. The lowest BCUT2D eigenvalue weighted by Gasteiger charge is -2.23. The highest BCUT2D eigenvalue weighted by Crippen LogP contribution is 2.39. The molecule has 0 bridgehead atoms. The van der Waals surface area contributed by atoms with Gasteiger partial charge >= 0.3 is 0 Å². The van der Waals surface area contributed by atoms with E-state index >= 15 is 0 Å². The zero-order valence-corrected chi connectivity index (χ0v) is 16.6. The first-order valence-corrected chi connectivity index (χ1v) is 9.23. The van der Waals surface area contributed by atoms with E-state index in [0.29, 0.717) is 5.69 Å². The minimum Gasteiger partial charge on any atom is -0.506 e. The van der Waals surface area contributed by atoms with Crippen molar-refractivity contribution < 1.29 is 10.3 Å². The summed E-state index contributed by atoms with van der Waals surface area (Å²) in [6.07, 6.45) is 0. The average Bonchev–Trinajstić information content (AvgIpc) is 2.67. The number of aryl methyl sites for hydroxylation is 2. The Labute approximate surface area is 161 Å². The van der Waals surface area contributed by atoms with Crippen molar-refractivity contribution in [1.82, 2.24) is 0 Å². The fourth-order valence-corrected chi connectivity index (χ4v) is 3.53. The number of phenolic OH excluding ortho intramolecular Hbond substituents is 1. The van der Waals surface area contributed by atoms with Crippen molar-refractivity contribution in [1.29, 1.82) is 0 Å². The molecule has 0 aliphatic carbocycles. The topological polar surface area (TPSA) is 43.4 Å². The molecule has 0 saturated heterocycles. The summed E-state index contributed by atoms with van der Waals surface area (Å²) < 4.78 is 0. The third kappa shape index (κ3) is 3.56. The van der Waals surface area contributed by atoms with Gasteiger partial charge in [-0.25, -0.2) is 0 Å². The summed E-state index contributed by atoms with van der Waals surface area (Å²) in [6.45, 7) is 10.0. The molecule has 27 heavy (non-hydrogen) atoms. The van der Waals surface area contributed by atoms with Gasteiger partial charge in [-0.15, -0.1) is 0 Å². The molecule has 0 spiro atoms. The minimum absolute atomic E-state index is 0.00743. The van der Waals surface area contributed by atoms with Crippen LogP contribution in [0.4, 0.5) is 11.4 Å². The van der Waals surface area contributed by atoms with E-state index in [2.05, 4.69) is 25.1 Å². The summed E-state index contributed by atoms with van der Waals surface area (Å²) in [7, 11) is 0. The van der Waals surface area contributed by atoms with Crippen molar-refractivity contribution in [3.63, 3.8) is 0 Å². The van der Waals surface area contributed by atoms with Crippen LogP contribution in [0.1, 0.15) is 46.2 Å². The molecule has 1 radical (unpaired) electrons. The fourth-order valence-electron chi connectivity index (χ4n) is 3.53. The summed E-state index contributed by atoms with van der Waals surface area (Å²) >= 11 is 0. The van der Waals surface area contributed by atoms with Gasteiger partial charge in [0.15, 0.2) is 0 Å². The van der Waals surface area contributed by atoms with Gasteiger partial charge in [-0.1, -0.05) is 54.6 Å². The van der Waals surface area contributed by atoms with E-state index in [-0.39, 0.29) is 17.4 Å². The van der Waals surface area contributed by atoms with Gasteiger partial charge in [-0.05, 0) is 73.2 Å². The first-order valence-electron chi connectivity index (χ1n) is 9.23. The number of nitrogens with zero attached hydrogens (tertiary/aromatic N) is 1. The van der Waals surface area contributed by atoms with Crippen LogP contribution < -0.4 is 5.06 Å². The predicted octanol–water partition coefficient (Wildman–Crippen LogP) is 6.26. The largest absolute Gasteiger partial charge is 0.506 e. The third-order valence-electron chi connectivity index (χ3n) is 5.55. The third-order valence-corrected chi connectivity index (χ3v) is 5.55. The first-order chi connectivity index (χ1) is 12.8. The van der Waals surface area contributed by atoms with E-state index in [1.807, 2.05) is 52.0 Å². The number of rotatable bonds is 4. The zero-order valence-electron chi connectivity index (χ0n) is 16.6. The Morgan fingerprint density at radius 2 is 1.41 bits per heavy atom. The molecule has 0 amide bonds. The van der Waals surface area contributed by atoms with Crippen molar-refractivity contribution in [2.24, 2.45) is 0 Å². The van der Waals surface area contributed by atoms with Crippen molar-refractivity contribution in [2.75, 3.05) is 5.06 Å². The lowest BCUT2D eigenvalue weighted by molar-refractivity contribution is 0.193. The van der Waals surface area contributed by atoms with E-state index in [9.17, 15) is 10.3 Å². The molecule has 3 nitrogen and oxygen atoms in total. The molecule has 0 aliphatic rings. The normalized spacial score (nSPS) is 12.1. The number of phenols is 1. The molecule has 1 atom stereocenters. The first kappa shape index (κ1) is 19.0. The van der Waals surface area contributed by atoms with Crippen molar-refractivity contribution in [3.05, 3.63) is 88.0 Å². The highest BCUT2D eigenvalue weighted by molar-refractivity contribution is 5.73. The van der Waals surface area contributed by atoms with Crippen molar-refractivity contribution >= 4 is 11.4 Å². The molecule has 3 aromatic carbocycles. The van der Waals surface area contributed by atoms with Crippen LogP contribution in [0.5, 0.6) is 5.75 Å². The van der Waals surface area contributed by atoms with Gasteiger partial charge in [-0.2, -0.15) is 5.06 Å². The maximum atomic E-state index is 13.3. The Bertz CT molecular complexity index is 938. The average molecular weight is 360 g/mol. The molecule has 0 aromatic heterocycles.